The van der Waals surface area contributed by atoms with Gasteiger partial charge in [-0.15, -0.1) is 0 Å². The van der Waals surface area contributed by atoms with Gasteiger partial charge in [-0.1, -0.05) is 30.3 Å². The van der Waals surface area contributed by atoms with Gasteiger partial charge in [0.1, 0.15) is 11.2 Å². The van der Waals surface area contributed by atoms with Gasteiger partial charge in [-0.25, -0.2) is 14.8 Å². The first-order chi connectivity index (χ1) is 8.74. The minimum Gasteiger partial charge on any atom is -0.444 e. The zero-order valence-corrected chi connectivity index (χ0v) is 10.9. The molecule has 5 nitrogen and oxygen atoms in total. The summed E-state index contributed by atoms with van der Waals surface area (Å²) in [5.41, 5.74) is 0.926. The maximum atomic E-state index is 11.5. The Morgan fingerprint density at radius 1 is 1.22 bits per heavy atom. The summed E-state index contributed by atoms with van der Waals surface area (Å²) in [6.07, 6.45) is 2.37. The Labute approximate surface area is 112 Å². The third kappa shape index (κ3) is 3.81. The summed E-state index contributed by atoms with van der Waals surface area (Å²) < 4.78 is 5.64. The predicted molar refractivity (Wildman–Crippen MR) is 70.0 cm³/mol. The van der Waals surface area contributed by atoms with E-state index in [2.05, 4.69) is 31.2 Å². The Bertz CT molecular complexity index is 517. The monoisotopic (exact) mass is 307 g/mol. The van der Waals surface area contributed by atoms with Crippen molar-refractivity contribution in [3.05, 3.63) is 52.9 Å². The molecule has 6 heteroatoms. The van der Waals surface area contributed by atoms with Crippen LogP contribution in [-0.2, 0) is 11.3 Å². The Kier molecular flexibility index (Phi) is 4.25. The van der Waals surface area contributed by atoms with Gasteiger partial charge in [0.05, 0.1) is 12.4 Å². The lowest BCUT2D eigenvalue weighted by atomic mass is 10.2. The van der Waals surface area contributed by atoms with Crippen LogP contribution in [0.4, 0.5) is 10.6 Å². The zero-order valence-electron chi connectivity index (χ0n) is 9.34. The van der Waals surface area contributed by atoms with Crippen molar-refractivity contribution >= 4 is 27.8 Å². The highest BCUT2D eigenvalue weighted by atomic mass is 79.9. The van der Waals surface area contributed by atoms with E-state index in [1.165, 1.54) is 12.4 Å². The smallest absolute Gasteiger partial charge is 0.413 e. The Morgan fingerprint density at radius 2 is 2.00 bits per heavy atom. The lowest BCUT2D eigenvalue weighted by Crippen LogP contribution is -2.14. The number of hydrogen-bond donors (Lipinski definition) is 1. The maximum Gasteiger partial charge on any atom is 0.413 e. The number of rotatable bonds is 3. The van der Waals surface area contributed by atoms with Gasteiger partial charge in [-0.05, 0) is 21.5 Å². The van der Waals surface area contributed by atoms with Gasteiger partial charge in [0.2, 0.25) is 0 Å². The molecule has 0 bridgehead atoms. The van der Waals surface area contributed by atoms with Gasteiger partial charge in [0, 0.05) is 0 Å². The number of nitrogens with one attached hydrogen (secondary N) is 1. The van der Waals surface area contributed by atoms with Crippen molar-refractivity contribution in [1.29, 1.82) is 0 Å². The predicted octanol–water partition coefficient (Wildman–Crippen LogP) is 2.99. The maximum absolute atomic E-state index is 11.5. The van der Waals surface area contributed by atoms with Gasteiger partial charge in [-0.3, -0.25) is 5.32 Å². The molecule has 1 aromatic carbocycles. The fourth-order valence-electron chi connectivity index (χ4n) is 1.24. The summed E-state index contributed by atoms with van der Waals surface area (Å²) in [6.45, 7) is 0.219. The summed E-state index contributed by atoms with van der Waals surface area (Å²) in [5, 5.41) is 2.48. The molecule has 1 aromatic heterocycles. The lowest BCUT2D eigenvalue weighted by Gasteiger charge is -2.05. The van der Waals surface area contributed by atoms with Crippen LogP contribution in [0.5, 0.6) is 0 Å². The van der Waals surface area contributed by atoms with Crippen LogP contribution in [0, 0.1) is 0 Å². The number of carbonyl (C=O) groups is 1. The van der Waals surface area contributed by atoms with E-state index in [4.69, 9.17) is 4.74 Å². The number of nitrogens with zero attached hydrogens (tertiary/aromatic N) is 2. The number of halogens is 1. The molecular formula is C12H10BrN3O2. The number of ether oxygens (including phenoxy) is 1. The van der Waals surface area contributed by atoms with Gasteiger partial charge < -0.3 is 4.74 Å². The van der Waals surface area contributed by atoms with Crippen LogP contribution in [0.3, 0.4) is 0 Å². The molecular weight excluding hydrogens is 298 g/mol. The van der Waals surface area contributed by atoms with Crippen molar-refractivity contribution in [2.24, 2.45) is 0 Å². The Hall–Kier alpha value is -1.95. The minimum absolute atomic E-state index is 0.219. The molecule has 2 aromatic rings. The number of aromatic nitrogens is 2. The van der Waals surface area contributed by atoms with E-state index in [1.54, 1.807) is 0 Å². The third-order valence-corrected chi connectivity index (χ3v) is 2.47. The number of carbonyl (C=O) groups excluding carboxylic acids is 1. The average molecular weight is 308 g/mol. The first-order valence-electron chi connectivity index (χ1n) is 5.19. The summed E-state index contributed by atoms with van der Waals surface area (Å²) in [4.78, 5) is 19.3. The molecule has 92 valence electrons. The number of benzene rings is 1. The Morgan fingerprint density at radius 3 is 2.67 bits per heavy atom. The topological polar surface area (TPSA) is 64.1 Å². The van der Waals surface area contributed by atoms with E-state index in [1.807, 2.05) is 30.3 Å². The first-order valence-corrected chi connectivity index (χ1v) is 5.98. The van der Waals surface area contributed by atoms with E-state index in [-0.39, 0.29) is 6.61 Å². The quantitative estimate of drug-likeness (QED) is 0.946. The molecule has 0 atom stereocenters. The summed E-state index contributed by atoms with van der Waals surface area (Å²) in [5.74, 6) is 0.344. The SMILES string of the molecule is O=C(Nc1cnc(Br)cn1)OCc1ccccc1. The molecule has 0 aliphatic rings. The van der Waals surface area contributed by atoms with E-state index >= 15 is 0 Å². The number of anilines is 1. The molecule has 1 N–H and O–H groups in total. The summed E-state index contributed by atoms with van der Waals surface area (Å²) in [6, 6.07) is 9.44. The summed E-state index contributed by atoms with van der Waals surface area (Å²) in [7, 11) is 0. The number of amides is 1. The van der Waals surface area contributed by atoms with Gasteiger partial charge in [0.15, 0.2) is 5.82 Å². The fourth-order valence-corrected chi connectivity index (χ4v) is 1.45. The fraction of sp³-hybridized carbons (Fsp3) is 0.0833. The Balaban J connectivity index is 1.84. The van der Waals surface area contributed by atoms with Crippen LogP contribution in [0.15, 0.2) is 47.3 Å². The molecule has 0 spiro atoms. The molecule has 0 saturated heterocycles. The molecule has 0 saturated carbocycles. The van der Waals surface area contributed by atoms with Crippen LogP contribution >= 0.6 is 15.9 Å². The second-order valence-corrected chi connectivity index (χ2v) is 4.22. The molecule has 0 fully saturated rings. The molecule has 18 heavy (non-hydrogen) atoms. The van der Waals surface area contributed by atoms with E-state index in [0.29, 0.717) is 10.4 Å². The highest BCUT2D eigenvalue weighted by molar-refractivity contribution is 9.10. The molecule has 0 aliphatic carbocycles. The van der Waals surface area contributed by atoms with Crippen LogP contribution in [0.25, 0.3) is 0 Å². The van der Waals surface area contributed by atoms with Crippen molar-refractivity contribution in [3.63, 3.8) is 0 Å². The standard InChI is InChI=1S/C12H10BrN3O2/c13-10-6-15-11(7-14-10)16-12(17)18-8-9-4-2-1-3-5-9/h1-7H,8H2,(H,15,16,17). The largest absolute Gasteiger partial charge is 0.444 e. The second kappa shape index (κ2) is 6.11. The molecule has 0 aliphatic heterocycles. The van der Waals surface area contributed by atoms with Crippen molar-refractivity contribution in [2.45, 2.75) is 6.61 Å². The van der Waals surface area contributed by atoms with Gasteiger partial charge in [0.25, 0.3) is 0 Å². The van der Waals surface area contributed by atoms with E-state index in [0.717, 1.165) is 5.56 Å². The van der Waals surface area contributed by atoms with Crippen LogP contribution < -0.4 is 5.32 Å². The number of hydrogen-bond acceptors (Lipinski definition) is 4. The highest BCUT2D eigenvalue weighted by Crippen LogP contribution is 2.07. The minimum atomic E-state index is -0.560. The van der Waals surface area contributed by atoms with Crippen LogP contribution in [-0.4, -0.2) is 16.1 Å². The van der Waals surface area contributed by atoms with E-state index < -0.39 is 6.09 Å². The summed E-state index contributed by atoms with van der Waals surface area (Å²) >= 11 is 3.16. The lowest BCUT2D eigenvalue weighted by molar-refractivity contribution is 0.155. The third-order valence-electron chi connectivity index (χ3n) is 2.06. The normalized spacial score (nSPS) is 9.83. The van der Waals surface area contributed by atoms with Crippen molar-refractivity contribution < 1.29 is 9.53 Å². The van der Waals surface area contributed by atoms with Crippen molar-refractivity contribution in [2.75, 3.05) is 5.32 Å². The van der Waals surface area contributed by atoms with Gasteiger partial charge in [-0.2, -0.15) is 0 Å². The first kappa shape index (κ1) is 12.5. The van der Waals surface area contributed by atoms with E-state index in [9.17, 15) is 4.79 Å². The molecule has 0 unspecified atom stereocenters. The molecule has 2 rings (SSSR count). The highest BCUT2D eigenvalue weighted by Gasteiger charge is 2.04. The van der Waals surface area contributed by atoms with Crippen LogP contribution in [0.1, 0.15) is 5.56 Å². The van der Waals surface area contributed by atoms with Crippen LogP contribution in [0.2, 0.25) is 0 Å². The molecule has 1 amide bonds. The molecule has 1 heterocycles. The second-order valence-electron chi connectivity index (χ2n) is 3.41. The van der Waals surface area contributed by atoms with Crippen molar-refractivity contribution in [3.8, 4) is 0 Å². The van der Waals surface area contributed by atoms with Gasteiger partial charge >= 0.3 is 6.09 Å². The molecule has 0 radical (unpaired) electrons. The van der Waals surface area contributed by atoms with Crippen molar-refractivity contribution in [1.82, 2.24) is 9.97 Å². The zero-order chi connectivity index (χ0) is 12.8. The average Bonchev–Trinajstić information content (AvgIpc) is 2.40.